The Balaban J connectivity index is 0.000000595. The average molecular weight is 1420 g/mol. The summed E-state index contributed by atoms with van der Waals surface area (Å²) in [6.45, 7) is 33.6. The Hall–Kier alpha value is -6.53. The minimum Gasteiger partial charge on any atom is -0.480 e. The first-order chi connectivity index (χ1) is 44.5. The summed E-state index contributed by atoms with van der Waals surface area (Å²) in [5, 5.41) is 6.06. The van der Waals surface area contributed by atoms with Crippen LogP contribution in [0.15, 0.2) is 200 Å². The lowest BCUT2D eigenvalue weighted by Crippen LogP contribution is -2.37. The molecular weight excluding hydrogens is 1320 g/mol. The molecule has 521 valence electrons. The fourth-order valence-corrected chi connectivity index (χ4v) is 14.4. The van der Waals surface area contributed by atoms with Gasteiger partial charge in [0.05, 0.1) is 11.4 Å². The lowest BCUT2D eigenvalue weighted by atomic mass is 9.81. The second-order valence-electron chi connectivity index (χ2n) is 25.7. The summed E-state index contributed by atoms with van der Waals surface area (Å²) in [6, 6.07) is 57.4. The molecule has 0 aromatic heterocycles. The van der Waals surface area contributed by atoms with E-state index in [0.717, 1.165) is 71.9 Å². The number of nitrogen functional groups attached to an aromatic ring is 3. The molecule has 0 fully saturated rings. The van der Waals surface area contributed by atoms with Crippen LogP contribution in [-0.4, -0.2) is 37.7 Å². The molecule has 0 heterocycles. The zero-order chi connectivity index (χ0) is 69.5. The Labute approximate surface area is 610 Å². The van der Waals surface area contributed by atoms with Crippen LogP contribution in [0.25, 0.3) is 0 Å². The van der Waals surface area contributed by atoms with Gasteiger partial charge in [-0.3, -0.25) is 14.4 Å². The van der Waals surface area contributed by atoms with Crippen LogP contribution in [-0.2, 0) is 31.6 Å². The summed E-state index contributed by atoms with van der Waals surface area (Å²) in [7, 11) is 6.29. The Morgan fingerprint density at radius 1 is 0.485 bits per heavy atom. The quantitative estimate of drug-likeness (QED) is 0.0111. The van der Waals surface area contributed by atoms with Crippen LogP contribution in [0.5, 0.6) is 11.5 Å². The number of thiol groups is 1. The molecule has 0 saturated heterocycles. The summed E-state index contributed by atoms with van der Waals surface area (Å²) < 4.78 is 12.8. The van der Waals surface area contributed by atoms with Crippen LogP contribution >= 0.6 is 67.4 Å². The molecule has 0 aliphatic heterocycles. The fourth-order valence-electron chi connectivity index (χ4n) is 9.43. The van der Waals surface area contributed by atoms with Crippen molar-refractivity contribution in [1.29, 1.82) is 0 Å². The van der Waals surface area contributed by atoms with Gasteiger partial charge in [0.15, 0.2) is 12.2 Å². The lowest BCUT2D eigenvalue weighted by Gasteiger charge is -2.26. The molecule has 8 N–H and O–H groups in total. The molecule has 8 rings (SSSR count). The highest BCUT2D eigenvalue weighted by molar-refractivity contribution is 8.77. The third-order valence-corrected chi connectivity index (χ3v) is 22.1. The zero-order valence-electron chi connectivity index (χ0n) is 58.1. The molecule has 2 amide bonds. The molecule has 0 bridgehead atoms. The number of aryl methyl sites for hydroxylation is 4. The standard InChI is InChI=1S/C46H60N2O4S2.C14H19ClO.C12H12N2S2.C6H7NS.2CH4.B/c1-13-45(9,10)33-23-25-37(31(7)27-33)51-41(29(3)4)43(49)47-35-19-15-17-21-39(35)53-54-40-22-18-16-20-36(40)48-44(50)42(30(5)6)52-38-26-24-34(28-32(38)8)46(11,12)14-2;1-9(2)13(14(15)16)8-12-6-5-10(3)7-11(12)4;13-9-5-1-3-7-11(9)15-16-12-8-4-2-6-10(12)14;7-5-3-1-2-4-6(5)8;;;/h15-30,41-42H,13-14H2,1-12H3,(H,47,49)(H,48,50);5-7,9,13H,8H2,1-4H3;1-8H,13-14H2;1-4,8H,7H2;2*1H4;. The van der Waals surface area contributed by atoms with Crippen molar-refractivity contribution >= 4 is 121 Å². The van der Waals surface area contributed by atoms with Crippen molar-refractivity contribution in [2.75, 3.05) is 27.8 Å². The molecular formula is C80H106BClN5O5S5. The Morgan fingerprint density at radius 3 is 1.16 bits per heavy atom. The molecule has 0 aliphatic rings. The van der Waals surface area contributed by atoms with Crippen molar-refractivity contribution in [3.63, 3.8) is 0 Å². The SMILES string of the molecule is C.C.CCC(C)(C)c1ccc(OC(C(=O)Nc2ccccc2SSc2ccccc2NC(=O)C(Oc2ccc(C(C)(C)CC)cc2C)C(C)C)C(C)C)c(C)c1.Cc1ccc(CC(C(=O)Cl)C(C)C)c(C)c1.Nc1ccccc1S.Nc1ccccc1SSc1ccccc1N.[B]. The van der Waals surface area contributed by atoms with Crippen LogP contribution in [0.1, 0.15) is 150 Å². The van der Waals surface area contributed by atoms with E-state index in [1.54, 1.807) is 21.6 Å². The van der Waals surface area contributed by atoms with Gasteiger partial charge < -0.3 is 37.3 Å². The minimum atomic E-state index is -0.684. The first-order valence-electron chi connectivity index (χ1n) is 32.0. The van der Waals surface area contributed by atoms with E-state index in [9.17, 15) is 14.4 Å². The van der Waals surface area contributed by atoms with Crippen LogP contribution in [0.4, 0.5) is 28.4 Å². The van der Waals surface area contributed by atoms with Crippen LogP contribution in [0.2, 0.25) is 0 Å². The van der Waals surface area contributed by atoms with Crippen molar-refractivity contribution < 1.29 is 23.9 Å². The van der Waals surface area contributed by atoms with Crippen molar-refractivity contribution in [2.45, 2.75) is 192 Å². The second kappa shape index (κ2) is 41.8. The van der Waals surface area contributed by atoms with Gasteiger partial charge in [0.25, 0.3) is 11.8 Å². The molecule has 3 radical (unpaired) electrons. The third kappa shape index (κ3) is 26.9. The van der Waals surface area contributed by atoms with Crippen molar-refractivity contribution in [2.24, 2.45) is 23.7 Å². The van der Waals surface area contributed by atoms with Gasteiger partial charge in [-0.25, -0.2) is 0 Å². The number of amides is 2. The average Bonchev–Trinajstić information content (AvgIpc) is 0.838. The maximum Gasteiger partial charge on any atom is 0.265 e. The van der Waals surface area contributed by atoms with Crippen LogP contribution in [0, 0.1) is 51.4 Å². The Morgan fingerprint density at radius 2 is 0.845 bits per heavy atom. The molecule has 0 saturated carbocycles. The van der Waals surface area contributed by atoms with E-state index < -0.39 is 12.2 Å². The summed E-state index contributed by atoms with van der Waals surface area (Å²) in [5.41, 5.74) is 29.3. The van der Waals surface area contributed by atoms with Crippen LogP contribution < -0.4 is 37.3 Å². The van der Waals surface area contributed by atoms with E-state index in [-0.39, 0.29) is 74.8 Å². The predicted molar refractivity (Wildman–Crippen MR) is 429 cm³/mol. The number of rotatable bonds is 24. The molecule has 8 aromatic rings. The van der Waals surface area contributed by atoms with Gasteiger partial charge in [0.1, 0.15) is 11.5 Å². The number of carbonyl (C=O) groups excluding carboxylic acids is 3. The second-order valence-corrected chi connectivity index (χ2v) is 31.0. The van der Waals surface area contributed by atoms with Crippen molar-refractivity contribution in [1.82, 2.24) is 0 Å². The van der Waals surface area contributed by atoms with E-state index in [4.69, 9.17) is 38.3 Å². The number of carbonyl (C=O) groups is 3. The molecule has 8 aromatic carbocycles. The Bertz CT molecular complexity index is 3570. The highest BCUT2D eigenvalue weighted by atomic mass is 35.5. The van der Waals surface area contributed by atoms with Gasteiger partial charge in [-0.15, -0.1) is 12.6 Å². The van der Waals surface area contributed by atoms with Gasteiger partial charge in [-0.1, -0.05) is 250 Å². The summed E-state index contributed by atoms with van der Waals surface area (Å²) in [4.78, 5) is 43.6. The number of para-hydroxylation sites is 5. The molecule has 3 unspecified atom stereocenters. The first kappa shape index (κ1) is 86.6. The lowest BCUT2D eigenvalue weighted by molar-refractivity contribution is -0.125. The summed E-state index contributed by atoms with van der Waals surface area (Å²) >= 11 is 9.71. The maximum atomic E-state index is 13.8. The van der Waals surface area contributed by atoms with E-state index in [1.165, 1.54) is 49.4 Å². The van der Waals surface area contributed by atoms with Gasteiger partial charge in [-0.2, -0.15) is 0 Å². The molecule has 17 heteroatoms. The van der Waals surface area contributed by atoms with Gasteiger partial charge in [0.2, 0.25) is 5.24 Å². The number of nitrogens with two attached hydrogens (primary N) is 3. The molecule has 10 nitrogen and oxygen atoms in total. The molecule has 0 spiro atoms. The van der Waals surface area contributed by atoms with E-state index in [1.807, 2.05) is 189 Å². The Kier molecular flexibility index (Phi) is 37.3. The highest BCUT2D eigenvalue weighted by Gasteiger charge is 2.29. The van der Waals surface area contributed by atoms with E-state index >= 15 is 0 Å². The topological polar surface area (TPSA) is 172 Å². The normalized spacial score (nSPS) is 11.8. The maximum absolute atomic E-state index is 13.8. The van der Waals surface area contributed by atoms with Crippen LogP contribution in [0.3, 0.4) is 0 Å². The third-order valence-electron chi connectivity index (χ3n) is 16.5. The van der Waals surface area contributed by atoms with Gasteiger partial charge >= 0.3 is 0 Å². The highest BCUT2D eigenvalue weighted by Crippen LogP contribution is 2.45. The van der Waals surface area contributed by atoms with Crippen molar-refractivity contribution in [3.05, 3.63) is 215 Å². The zero-order valence-corrected chi connectivity index (χ0v) is 63.1. The number of hydrogen-bond donors (Lipinski definition) is 6. The molecule has 97 heavy (non-hydrogen) atoms. The predicted octanol–water partition coefficient (Wildman–Crippen LogP) is 22.5. The first-order valence-corrected chi connectivity index (χ1v) is 37.1. The van der Waals surface area contributed by atoms with Gasteiger partial charge in [0, 0.05) is 55.9 Å². The largest absolute Gasteiger partial charge is 0.480 e. The number of halogens is 1. The fraction of sp³-hybridized carbons (Fsp3) is 0.362. The minimum absolute atomic E-state index is 0. The number of nitrogens with one attached hydrogen (secondary N) is 2. The monoisotopic (exact) mass is 1420 g/mol. The molecule has 3 atom stereocenters. The number of hydrogen-bond acceptors (Lipinski definition) is 13. The van der Waals surface area contributed by atoms with Crippen molar-refractivity contribution in [3.8, 4) is 11.5 Å². The number of benzene rings is 8. The summed E-state index contributed by atoms with van der Waals surface area (Å²) in [5.74, 6) is 1.11. The van der Waals surface area contributed by atoms with Gasteiger partial charge in [-0.05, 0) is 193 Å². The van der Waals surface area contributed by atoms with E-state index in [0.29, 0.717) is 22.9 Å². The number of ether oxygens (including phenoxy) is 2. The molecule has 0 aliphatic carbocycles. The number of anilines is 5. The summed E-state index contributed by atoms with van der Waals surface area (Å²) in [6.07, 6.45) is 1.43. The smallest absolute Gasteiger partial charge is 0.265 e. The van der Waals surface area contributed by atoms with E-state index in [2.05, 4.69) is 121 Å².